The van der Waals surface area contributed by atoms with E-state index in [-0.39, 0.29) is 4.75 Å². The lowest BCUT2D eigenvalue weighted by Gasteiger charge is -2.35. The molecule has 0 aliphatic rings. The lowest BCUT2D eigenvalue weighted by Crippen LogP contribution is -2.33. The number of hydrogen-bond acceptors (Lipinski definition) is 8. The van der Waals surface area contributed by atoms with Gasteiger partial charge in [-0.05, 0) is 56.5 Å². The van der Waals surface area contributed by atoms with Crippen molar-refractivity contribution in [1.82, 2.24) is 4.67 Å². The Kier molecular flexibility index (Phi) is 15.6. The first-order chi connectivity index (χ1) is 20.4. The number of ether oxygens (including phenoxy) is 1. The van der Waals surface area contributed by atoms with Gasteiger partial charge in [-0.25, -0.2) is 4.67 Å². The summed E-state index contributed by atoms with van der Waals surface area (Å²) in [5, 5.41) is 8.93. The monoisotopic (exact) mass is 642 g/mol. The summed E-state index contributed by atoms with van der Waals surface area (Å²) in [7, 11) is 4.24. The molecule has 0 saturated heterocycles. The van der Waals surface area contributed by atoms with Gasteiger partial charge in [-0.15, -0.1) is 11.8 Å². The van der Waals surface area contributed by atoms with Crippen molar-refractivity contribution < 1.29 is 13.8 Å². The van der Waals surface area contributed by atoms with E-state index in [1.807, 2.05) is 33.3 Å². The van der Waals surface area contributed by atoms with Gasteiger partial charge in [-0.3, -0.25) is 0 Å². The van der Waals surface area contributed by atoms with Crippen LogP contribution in [0.2, 0.25) is 0 Å². The van der Waals surface area contributed by atoms with Crippen molar-refractivity contribution in [1.29, 1.82) is 5.26 Å². The van der Waals surface area contributed by atoms with E-state index in [4.69, 9.17) is 19.0 Å². The molecule has 0 fully saturated rings. The zero-order valence-corrected chi connectivity index (χ0v) is 28.6. The van der Waals surface area contributed by atoms with Crippen LogP contribution in [0.15, 0.2) is 84.9 Å². The number of thioether (sulfide) groups is 1. The third-order valence-corrected chi connectivity index (χ3v) is 12.7. The van der Waals surface area contributed by atoms with Crippen molar-refractivity contribution >= 4 is 41.9 Å². The van der Waals surface area contributed by atoms with Crippen molar-refractivity contribution in [2.45, 2.75) is 50.9 Å². The Morgan fingerprint density at radius 1 is 0.738 bits per heavy atom. The highest BCUT2D eigenvalue weighted by Gasteiger charge is 2.36. The van der Waals surface area contributed by atoms with Gasteiger partial charge in [0.05, 0.1) is 37.6 Å². The second-order valence-corrected chi connectivity index (χ2v) is 15.5. The quantitative estimate of drug-likeness (QED) is 0.0555. The van der Waals surface area contributed by atoms with Crippen LogP contribution in [0.1, 0.15) is 50.8 Å². The summed E-state index contributed by atoms with van der Waals surface area (Å²) in [6.45, 7) is 9.65. The lowest BCUT2D eigenvalue weighted by atomic mass is 9.84. The average molecular weight is 643 g/mol. The van der Waals surface area contributed by atoms with Gasteiger partial charge in [0.1, 0.15) is 5.75 Å². The van der Waals surface area contributed by atoms with Crippen molar-refractivity contribution in [3.63, 3.8) is 0 Å². The molecular formula is C33H43N2O3PS3. The highest BCUT2D eigenvalue weighted by Crippen LogP contribution is 2.49. The molecule has 0 N–H and O–H groups in total. The van der Waals surface area contributed by atoms with Crippen LogP contribution in [0.4, 0.5) is 0 Å². The predicted molar refractivity (Wildman–Crippen MR) is 184 cm³/mol. The Labute approximate surface area is 266 Å². The molecule has 3 aromatic carbocycles. The Bertz CT molecular complexity index is 1150. The van der Waals surface area contributed by atoms with E-state index in [2.05, 4.69) is 123 Å². The molecule has 42 heavy (non-hydrogen) atoms. The Morgan fingerprint density at radius 3 is 1.79 bits per heavy atom. The van der Waals surface area contributed by atoms with Crippen LogP contribution in [-0.2, 0) is 13.8 Å². The predicted octanol–water partition coefficient (Wildman–Crippen LogP) is 9.39. The summed E-state index contributed by atoms with van der Waals surface area (Å²) < 4.78 is 19.6. The second-order valence-electron chi connectivity index (χ2n) is 10.0. The van der Waals surface area contributed by atoms with Crippen LogP contribution in [0.5, 0.6) is 5.75 Å². The first-order valence-electron chi connectivity index (χ1n) is 14.3. The van der Waals surface area contributed by atoms with Crippen LogP contribution in [0.25, 0.3) is 0 Å². The minimum atomic E-state index is -1.19. The first-order valence-corrected chi connectivity index (χ1v) is 18.9. The third-order valence-electron chi connectivity index (χ3n) is 6.46. The molecule has 226 valence electrons. The molecule has 0 radical (unpaired) electrons. The summed E-state index contributed by atoms with van der Waals surface area (Å²) in [5.74, 6) is 3.72. The summed E-state index contributed by atoms with van der Waals surface area (Å²) in [5.41, 5.74) is 3.77. The highest BCUT2D eigenvalue weighted by atomic mass is 33.1. The number of benzene rings is 3. The summed E-state index contributed by atoms with van der Waals surface area (Å²) in [6.07, 6.45) is 0.373. The highest BCUT2D eigenvalue weighted by molar-refractivity contribution is 8.76. The van der Waals surface area contributed by atoms with E-state index in [9.17, 15) is 0 Å². The molecule has 0 spiro atoms. The van der Waals surface area contributed by atoms with E-state index >= 15 is 0 Å². The van der Waals surface area contributed by atoms with E-state index in [0.717, 1.165) is 23.0 Å². The van der Waals surface area contributed by atoms with E-state index in [1.165, 1.54) is 16.7 Å². The zero-order valence-electron chi connectivity index (χ0n) is 25.3. The van der Waals surface area contributed by atoms with Gasteiger partial charge in [-0.1, -0.05) is 94.4 Å². The maximum Gasteiger partial charge on any atom is 0.259 e. The van der Waals surface area contributed by atoms with Crippen LogP contribution >= 0.6 is 41.9 Å². The van der Waals surface area contributed by atoms with Crippen molar-refractivity contribution in [2.75, 3.05) is 37.6 Å². The van der Waals surface area contributed by atoms with Crippen molar-refractivity contribution in [2.24, 2.45) is 0 Å². The smallest absolute Gasteiger partial charge is 0.259 e. The van der Waals surface area contributed by atoms with E-state index in [0.29, 0.717) is 31.7 Å². The Morgan fingerprint density at radius 2 is 1.26 bits per heavy atom. The number of rotatable bonds is 19. The van der Waals surface area contributed by atoms with E-state index in [1.54, 1.807) is 7.11 Å². The SMILES string of the molecule is COc1ccc(C(SCCSSCCOP(OCCC#N)N(C(C)C)C(C)C)(c2ccccc2)c2ccccc2)cc1. The first kappa shape index (κ1) is 34.8. The molecule has 0 saturated carbocycles. The fraction of sp³-hybridized carbons (Fsp3) is 0.424. The van der Waals surface area contributed by atoms with E-state index < -0.39 is 8.53 Å². The molecule has 0 bridgehead atoms. The molecule has 1 unspecified atom stereocenters. The zero-order chi connectivity index (χ0) is 30.2. The fourth-order valence-electron chi connectivity index (χ4n) is 4.73. The largest absolute Gasteiger partial charge is 0.497 e. The molecule has 1 atom stereocenters. The lowest BCUT2D eigenvalue weighted by molar-refractivity contribution is 0.182. The summed E-state index contributed by atoms with van der Waals surface area (Å²) in [4.78, 5) is 0. The topological polar surface area (TPSA) is 54.7 Å². The fourth-order valence-corrected chi connectivity index (χ4v) is 10.2. The molecule has 9 heteroatoms. The molecule has 3 aromatic rings. The minimum absolute atomic E-state index is 0.303. The van der Waals surface area contributed by atoms with Gasteiger partial charge < -0.3 is 13.8 Å². The maximum absolute atomic E-state index is 8.93. The van der Waals surface area contributed by atoms with Gasteiger partial charge in [0.2, 0.25) is 0 Å². The molecule has 0 aromatic heterocycles. The van der Waals surface area contributed by atoms with Gasteiger partial charge in [-0.2, -0.15) is 5.26 Å². The van der Waals surface area contributed by atoms with Gasteiger partial charge in [0.25, 0.3) is 8.53 Å². The standard InChI is InChI=1S/C33H43N2O3PS3/c1-27(2)35(28(3)4)39(37-22-12-21-34)38-23-24-41-42-26-25-40-33(29-13-8-6-9-14-29,30-15-10-7-11-16-30)31-17-19-32(36-5)20-18-31/h6-11,13-20,27-28H,12,22-26H2,1-5H3. The number of methoxy groups -OCH3 is 1. The van der Waals surface area contributed by atoms with Crippen LogP contribution < -0.4 is 4.74 Å². The van der Waals surface area contributed by atoms with Crippen LogP contribution in [-0.4, -0.2) is 54.3 Å². The molecule has 0 aliphatic heterocycles. The summed E-state index contributed by atoms with van der Waals surface area (Å²) in [6, 6.07) is 32.9. The third kappa shape index (κ3) is 9.92. The molecule has 0 amide bonds. The van der Waals surface area contributed by atoms with Gasteiger partial charge in [0, 0.05) is 29.3 Å². The second kappa shape index (κ2) is 18.9. The Balaban J connectivity index is 1.63. The van der Waals surface area contributed by atoms with Crippen molar-refractivity contribution in [3.8, 4) is 11.8 Å². The van der Waals surface area contributed by atoms with Crippen LogP contribution in [0.3, 0.4) is 0 Å². The van der Waals surface area contributed by atoms with Crippen molar-refractivity contribution in [3.05, 3.63) is 102 Å². The molecule has 0 heterocycles. The molecule has 5 nitrogen and oxygen atoms in total. The average Bonchev–Trinajstić information content (AvgIpc) is 3.01. The number of hydrogen-bond donors (Lipinski definition) is 0. The number of nitriles is 1. The van der Waals surface area contributed by atoms with Gasteiger partial charge in [0.15, 0.2) is 0 Å². The molecular weight excluding hydrogens is 600 g/mol. The maximum atomic E-state index is 8.93. The normalized spacial score (nSPS) is 12.5. The number of nitrogens with zero attached hydrogens (tertiary/aromatic N) is 2. The molecule has 3 rings (SSSR count). The van der Waals surface area contributed by atoms with Gasteiger partial charge >= 0.3 is 0 Å². The van der Waals surface area contributed by atoms with Crippen LogP contribution in [0, 0.1) is 11.3 Å². The minimum Gasteiger partial charge on any atom is -0.497 e. The molecule has 0 aliphatic carbocycles. The summed E-state index contributed by atoms with van der Waals surface area (Å²) >= 11 is 1.98. The Hall–Kier alpha value is -1.69.